The van der Waals surface area contributed by atoms with Gasteiger partial charge in [0, 0.05) is 13.1 Å². The van der Waals surface area contributed by atoms with Crippen LogP contribution in [0.15, 0.2) is 60.9 Å². The maximum absolute atomic E-state index is 12.9. The van der Waals surface area contributed by atoms with Crippen LogP contribution in [-0.4, -0.2) is 55.5 Å². The first-order chi connectivity index (χ1) is 15.1. The van der Waals surface area contributed by atoms with Crippen LogP contribution >= 0.6 is 0 Å². The molecule has 3 N–H and O–H groups in total. The molecule has 2 atom stereocenters. The summed E-state index contributed by atoms with van der Waals surface area (Å²) in [6.07, 6.45) is 3.36. The van der Waals surface area contributed by atoms with E-state index < -0.39 is 12.1 Å². The van der Waals surface area contributed by atoms with Gasteiger partial charge < -0.3 is 16.0 Å². The number of aromatic nitrogens is 4. The molecule has 2 amide bonds. The summed E-state index contributed by atoms with van der Waals surface area (Å²) >= 11 is 0. The van der Waals surface area contributed by atoms with E-state index in [4.69, 9.17) is 5.73 Å². The largest absolute Gasteiger partial charge is 0.350 e. The van der Waals surface area contributed by atoms with Gasteiger partial charge in [0.2, 0.25) is 11.8 Å². The molecular formula is C22H25N7O2. The van der Waals surface area contributed by atoms with E-state index in [0.717, 1.165) is 23.2 Å². The zero-order valence-corrected chi connectivity index (χ0v) is 17.1. The van der Waals surface area contributed by atoms with Gasteiger partial charge in [-0.25, -0.2) is 4.68 Å². The number of tetrazole rings is 1. The Morgan fingerprint density at radius 2 is 1.90 bits per heavy atom. The highest BCUT2D eigenvalue weighted by Gasteiger charge is 2.36. The van der Waals surface area contributed by atoms with Gasteiger partial charge in [0.1, 0.15) is 12.4 Å². The number of amides is 2. The molecule has 0 bridgehead atoms. The first-order valence-electron chi connectivity index (χ1n) is 10.3. The van der Waals surface area contributed by atoms with Crippen molar-refractivity contribution >= 4 is 11.8 Å². The summed E-state index contributed by atoms with van der Waals surface area (Å²) in [6.45, 7) is 0.851. The summed E-state index contributed by atoms with van der Waals surface area (Å²) in [4.78, 5) is 27.5. The van der Waals surface area contributed by atoms with Gasteiger partial charge in [0.25, 0.3) is 0 Å². The van der Waals surface area contributed by atoms with E-state index in [2.05, 4.69) is 20.8 Å². The van der Waals surface area contributed by atoms with Gasteiger partial charge in [-0.15, -0.1) is 5.10 Å². The van der Waals surface area contributed by atoms with Crippen molar-refractivity contribution in [1.82, 2.24) is 30.4 Å². The van der Waals surface area contributed by atoms with Crippen molar-refractivity contribution in [1.29, 1.82) is 0 Å². The number of benzene rings is 2. The Morgan fingerprint density at radius 1 is 1.13 bits per heavy atom. The highest BCUT2D eigenvalue weighted by atomic mass is 16.2. The van der Waals surface area contributed by atoms with Crippen molar-refractivity contribution in [2.75, 3.05) is 6.54 Å². The lowest BCUT2D eigenvalue weighted by Gasteiger charge is -2.27. The van der Waals surface area contributed by atoms with Crippen LogP contribution in [0.25, 0.3) is 5.69 Å². The maximum Gasteiger partial charge on any atom is 0.243 e. The van der Waals surface area contributed by atoms with Crippen molar-refractivity contribution in [3.63, 3.8) is 0 Å². The van der Waals surface area contributed by atoms with Gasteiger partial charge in [0.15, 0.2) is 0 Å². The Labute approximate surface area is 180 Å². The van der Waals surface area contributed by atoms with E-state index in [1.165, 1.54) is 6.33 Å². The number of nitrogens with zero attached hydrogens (tertiary/aromatic N) is 5. The minimum Gasteiger partial charge on any atom is -0.350 e. The third-order valence-electron chi connectivity index (χ3n) is 5.49. The molecule has 4 rings (SSSR count). The summed E-state index contributed by atoms with van der Waals surface area (Å²) in [6, 6.07) is 16.1. The van der Waals surface area contributed by atoms with Crippen LogP contribution in [-0.2, 0) is 22.6 Å². The second kappa shape index (κ2) is 9.48. The van der Waals surface area contributed by atoms with Gasteiger partial charge in [-0.05, 0) is 46.9 Å². The number of carbonyl (C=O) groups excluding carboxylic acids is 2. The summed E-state index contributed by atoms with van der Waals surface area (Å²) in [5.41, 5.74) is 8.85. The van der Waals surface area contributed by atoms with E-state index in [1.54, 1.807) is 9.58 Å². The Balaban J connectivity index is 1.39. The number of rotatable bonds is 7. The van der Waals surface area contributed by atoms with Crippen molar-refractivity contribution in [3.05, 3.63) is 72.1 Å². The molecule has 1 fully saturated rings. The maximum atomic E-state index is 12.9. The molecule has 9 nitrogen and oxygen atoms in total. The Hall–Kier alpha value is -3.59. The zero-order valence-electron chi connectivity index (χ0n) is 17.1. The van der Waals surface area contributed by atoms with Crippen molar-refractivity contribution in [2.45, 2.75) is 37.9 Å². The highest BCUT2D eigenvalue weighted by Crippen LogP contribution is 2.20. The Kier molecular flexibility index (Phi) is 6.32. The standard InChI is InChI=1S/C22H25N7O2/c23-18(13-16-7-2-1-3-8-16)22(31)28-12-6-11-20(28)21(30)24-14-17-9-4-5-10-19(17)29-15-25-26-27-29/h1-5,7-10,15,18,20H,6,11-14,23H2,(H,24,30)/t18?,20-/m0/s1. The van der Waals surface area contributed by atoms with Crippen LogP contribution in [0.3, 0.4) is 0 Å². The van der Waals surface area contributed by atoms with Crippen molar-refractivity contribution in [2.24, 2.45) is 5.73 Å². The van der Waals surface area contributed by atoms with E-state index in [-0.39, 0.29) is 11.8 Å². The number of likely N-dealkylation sites (tertiary alicyclic amines) is 1. The van der Waals surface area contributed by atoms with E-state index in [9.17, 15) is 9.59 Å². The van der Waals surface area contributed by atoms with Crippen LogP contribution in [0, 0.1) is 0 Å². The third kappa shape index (κ3) is 4.77. The molecule has 1 unspecified atom stereocenters. The molecule has 31 heavy (non-hydrogen) atoms. The van der Waals surface area contributed by atoms with Gasteiger partial charge in [-0.2, -0.15) is 0 Å². The van der Waals surface area contributed by atoms with Crippen LogP contribution < -0.4 is 11.1 Å². The average molecular weight is 419 g/mol. The molecule has 1 saturated heterocycles. The third-order valence-corrected chi connectivity index (χ3v) is 5.49. The minimum atomic E-state index is -0.670. The molecule has 2 heterocycles. The smallest absolute Gasteiger partial charge is 0.243 e. The molecule has 1 aromatic heterocycles. The number of nitrogens with one attached hydrogen (secondary N) is 1. The fraction of sp³-hybridized carbons (Fsp3) is 0.318. The summed E-state index contributed by atoms with van der Waals surface area (Å²) in [5.74, 6) is -0.361. The minimum absolute atomic E-state index is 0.177. The van der Waals surface area contributed by atoms with Crippen LogP contribution in [0.2, 0.25) is 0 Å². The number of para-hydroxylation sites is 1. The van der Waals surface area contributed by atoms with E-state index >= 15 is 0 Å². The zero-order chi connectivity index (χ0) is 21.6. The number of hydrogen-bond acceptors (Lipinski definition) is 6. The monoisotopic (exact) mass is 419 g/mol. The first-order valence-corrected chi connectivity index (χ1v) is 10.3. The van der Waals surface area contributed by atoms with Crippen molar-refractivity contribution in [3.8, 4) is 5.69 Å². The Bertz CT molecular complexity index is 1020. The van der Waals surface area contributed by atoms with Crippen molar-refractivity contribution < 1.29 is 9.59 Å². The predicted molar refractivity (Wildman–Crippen MR) is 114 cm³/mol. The van der Waals surface area contributed by atoms with Gasteiger partial charge >= 0.3 is 0 Å². The fourth-order valence-corrected chi connectivity index (χ4v) is 3.93. The number of nitrogens with two attached hydrogens (primary N) is 1. The quantitative estimate of drug-likeness (QED) is 0.586. The molecule has 1 aliphatic heterocycles. The first kappa shape index (κ1) is 20.7. The lowest BCUT2D eigenvalue weighted by atomic mass is 10.1. The van der Waals surface area contributed by atoms with Crippen LogP contribution in [0.5, 0.6) is 0 Å². The molecule has 1 aliphatic rings. The molecular weight excluding hydrogens is 394 g/mol. The second-order valence-electron chi connectivity index (χ2n) is 7.59. The van der Waals surface area contributed by atoms with Crippen LogP contribution in [0.4, 0.5) is 0 Å². The van der Waals surface area contributed by atoms with E-state index in [0.29, 0.717) is 25.9 Å². The predicted octanol–water partition coefficient (Wildman–Crippen LogP) is 0.839. The summed E-state index contributed by atoms with van der Waals surface area (Å²) in [7, 11) is 0. The number of hydrogen-bond donors (Lipinski definition) is 2. The number of carbonyl (C=O) groups is 2. The molecule has 0 radical (unpaired) electrons. The average Bonchev–Trinajstić information content (AvgIpc) is 3.50. The Morgan fingerprint density at radius 3 is 2.68 bits per heavy atom. The van der Waals surface area contributed by atoms with Gasteiger partial charge in [-0.3, -0.25) is 9.59 Å². The molecule has 160 valence electrons. The summed E-state index contributed by atoms with van der Waals surface area (Å²) in [5, 5.41) is 14.2. The normalized spacial score (nSPS) is 16.8. The molecule has 2 aromatic carbocycles. The molecule has 0 saturated carbocycles. The molecule has 9 heteroatoms. The lowest BCUT2D eigenvalue weighted by Crippen LogP contribution is -2.51. The van der Waals surface area contributed by atoms with Gasteiger partial charge in [-0.1, -0.05) is 48.5 Å². The fourth-order valence-electron chi connectivity index (χ4n) is 3.93. The van der Waals surface area contributed by atoms with Gasteiger partial charge in [0.05, 0.1) is 11.7 Å². The molecule has 0 aliphatic carbocycles. The SMILES string of the molecule is NC(Cc1ccccc1)C(=O)N1CCC[C@H]1C(=O)NCc1ccccc1-n1cnnn1. The second-order valence-corrected chi connectivity index (χ2v) is 7.59. The summed E-state index contributed by atoms with van der Waals surface area (Å²) < 4.78 is 1.55. The highest BCUT2D eigenvalue weighted by molar-refractivity contribution is 5.90. The molecule has 0 spiro atoms. The van der Waals surface area contributed by atoms with Crippen LogP contribution in [0.1, 0.15) is 24.0 Å². The molecule has 3 aromatic rings. The van der Waals surface area contributed by atoms with E-state index in [1.807, 2.05) is 54.6 Å². The topological polar surface area (TPSA) is 119 Å². The lowest BCUT2D eigenvalue weighted by molar-refractivity contribution is -0.139.